The summed E-state index contributed by atoms with van der Waals surface area (Å²) in [5, 5.41) is 6.42. The number of fused-ring (bicyclic) bond motifs is 1. The molecular formula is C16H23Cl2N5O3. The zero-order chi connectivity index (χ0) is 17.3. The standard InChI is InChI=1S/C16H21N5O3.2ClH/c1-20-13-12(15(23)21(2)16(20)24)7-11(9-19-13)14(22)18-6-4-10-3-5-17-8-10;;/h7,9-10,17H,3-6,8H2,1-2H3,(H,18,22);2*1H. The van der Waals surface area contributed by atoms with Gasteiger partial charge < -0.3 is 10.6 Å². The summed E-state index contributed by atoms with van der Waals surface area (Å²) in [7, 11) is 2.96. The van der Waals surface area contributed by atoms with E-state index in [0.717, 1.165) is 30.5 Å². The van der Waals surface area contributed by atoms with E-state index in [1.807, 2.05) is 0 Å². The number of pyridine rings is 1. The van der Waals surface area contributed by atoms with E-state index in [2.05, 4.69) is 15.6 Å². The summed E-state index contributed by atoms with van der Waals surface area (Å²) in [5.41, 5.74) is -0.297. The third-order valence-corrected chi connectivity index (χ3v) is 4.56. The fourth-order valence-electron chi connectivity index (χ4n) is 3.04. The van der Waals surface area contributed by atoms with Gasteiger partial charge in [-0.3, -0.25) is 18.7 Å². The number of hydrogen-bond acceptors (Lipinski definition) is 5. The van der Waals surface area contributed by atoms with Crippen LogP contribution in [0.2, 0.25) is 0 Å². The molecule has 0 aromatic carbocycles. The average Bonchev–Trinajstić information content (AvgIpc) is 3.11. The van der Waals surface area contributed by atoms with Gasteiger partial charge in [0, 0.05) is 26.8 Å². The van der Waals surface area contributed by atoms with E-state index < -0.39 is 11.2 Å². The van der Waals surface area contributed by atoms with Gasteiger partial charge >= 0.3 is 5.69 Å². The van der Waals surface area contributed by atoms with Gasteiger partial charge in [0.2, 0.25) is 0 Å². The minimum absolute atomic E-state index is 0. The van der Waals surface area contributed by atoms with Crippen LogP contribution >= 0.6 is 24.8 Å². The molecule has 1 aliphatic rings. The van der Waals surface area contributed by atoms with Gasteiger partial charge in [0.1, 0.15) is 5.65 Å². The fourth-order valence-corrected chi connectivity index (χ4v) is 3.04. The van der Waals surface area contributed by atoms with E-state index in [0.29, 0.717) is 18.0 Å². The first-order valence-corrected chi connectivity index (χ1v) is 8.03. The molecule has 144 valence electrons. The Labute approximate surface area is 162 Å². The van der Waals surface area contributed by atoms with Crippen molar-refractivity contribution in [3.05, 3.63) is 38.7 Å². The van der Waals surface area contributed by atoms with Gasteiger partial charge in [0.05, 0.1) is 10.9 Å². The van der Waals surface area contributed by atoms with Crippen LogP contribution in [0.15, 0.2) is 21.9 Å². The van der Waals surface area contributed by atoms with Gasteiger partial charge in [0.25, 0.3) is 11.5 Å². The lowest BCUT2D eigenvalue weighted by Gasteiger charge is -2.10. The Morgan fingerprint density at radius 1 is 1.31 bits per heavy atom. The summed E-state index contributed by atoms with van der Waals surface area (Å²) in [5.74, 6) is 0.341. The first-order valence-electron chi connectivity index (χ1n) is 8.03. The number of halogens is 2. The van der Waals surface area contributed by atoms with Crippen molar-refractivity contribution in [1.29, 1.82) is 0 Å². The highest BCUT2D eigenvalue weighted by atomic mass is 35.5. The molecule has 26 heavy (non-hydrogen) atoms. The van der Waals surface area contributed by atoms with Crippen molar-refractivity contribution in [2.75, 3.05) is 19.6 Å². The van der Waals surface area contributed by atoms with Crippen LogP contribution in [0.4, 0.5) is 0 Å². The summed E-state index contributed by atoms with van der Waals surface area (Å²) in [6.07, 6.45) is 3.46. The van der Waals surface area contributed by atoms with Crippen molar-refractivity contribution in [3.8, 4) is 0 Å². The molecule has 0 radical (unpaired) electrons. The number of nitrogens with zero attached hydrogens (tertiary/aromatic N) is 3. The van der Waals surface area contributed by atoms with Crippen LogP contribution in [0, 0.1) is 5.92 Å². The van der Waals surface area contributed by atoms with Crippen LogP contribution in [-0.2, 0) is 14.1 Å². The quantitative estimate of drug-likeness (QED) is 0.759. The first kappa shape index (κ1) is 22.1. The molecular weight excluding hydrogens is 381 g/mol. The summed E-state index contributed by atoms with van der Waals surface area (Å²) in [4.78, 5) is 40.5. The number of aryl methyl sites for hydroxylation is 1. The lowest BCUT2D eigenvalue weighted by atomic mass is 10.1. The zero-order valence-corrected chi connectivity index (χ0v) is 16.3. The molecule has 3 rings (SSSR count). The highest BCUT2D eigenvalue weighted by molar-refractivity contribution is 5.96. The Morgan fingerprint density at radius 3 is 2.69 bits per heavy atom. The Morgan fingerprint density at radius 2 is 2.04 bits per heavy atom. The summed E-state index contributed by atoms with van der Waals surface area (Å²) in [6.45, 7) is 2.63. The Bertz CT molecular complexity index is 903. The molecule has 1 saturated heterocycles. The third-order valence-electron chi connectivity index (χ3n) is 4.56. The van der Waals surface area contributed by atoms with Gasteiger partial charge in [-0.25, -0.2) is 9.78 Å². The molecule has 0 saturated carbocycles. The third kappa shape index (κ3) is 4.25. The fraction of sp³-hybridized carbons (Fsp3) is 0.500. The van der Waals surface area contributed by atoms with Crippen molar-refractivity contribution in [3.63, 3.8) is 0 Å². The Balaban J connectivity index is 0.00000169. The second kappa shape index (κ2) is 9.16. The van der Waals surface area contributed by atoms with Crippen molar-refractivity contribution in [2.24, 2.45) is 20.0 Å². The molecule has 10 heteroatoms. The Hall–Kier alpha value is -1.90. The lowest BCUT2D eigenvalue weighted by Crippen LogP contribution is -2.37. The molecule has 3 heterocycles. The smallest absolute Gasteiger partial charge is 0.332 e. The van der Waals surface area contributed by atoms with E-state index in [4.69, 9.17) is 0 Å². The van der Waals surface area contributed by atoms with Crippen LogP contribution in [0.3, 0.4) is 0 Å². The largest absolute Gasteiger partial charge is 0.352 e. The molecule has 0 spiro atoms. The maximum absolute atomic E-state index is 12.3. The molecule has 1 amide bonds. The van der Waals surface area contributed by atoms with Crippen molar-refractivity contribution < 1.29 is 4.79 Å². The van der Waals surface area contributed by atoms with E-state index >= 15 is 0 Å². The van der Waals surface area contributed by atoms with Crippen LogP contribution in [0.5, 0.6) is 0 Å². The minimum Gasteiger partial charge on any atom is -0.352 e. The highest BCUT2D eigenvalue weighted by Crippen LogP contribution is 2.11. The van der Waals surface area contributed by atoms with Gasteiger partial charge in [-0.05, 0) is 37.9 Å². The number of amides is 1. The summed E-state index contributed by atoms with van der Waals surface area (Å²) in [6, 6.07) is 1.50. The van der Waals surface area contributed by atoms with Crippen molar-refractivity contribution >= 4 is 41.8 Å². The van der Waals surface area contributed by atoms with E-state index in [1.54, 1.807) is 7.05 Å². The maximum Gasteiger partial charge on any atom is 0.332 e. The second-order valence-corrected chi connectivity index (χ2v) is 6.20. The first-order chi connectivity index (χ1) is 11.5. The second-order valence-electron chi connectivity index (χ2n) is 6.20. The molecule has 2 N–H and O–H groups in total. The minimum atomic E-state index is -0.452. The number of rotatable bonds is 4. The molecule has 0 aliphatic carbocycles. The molecule has 0 bridgehead atoms. The zero-order valence-electron chi connectivity index (χ0n) is 14.7. The maximum atomic E-state index is 12.3. The summed E-state index contributed by atoms with van der Waals surface area (Å²) >= 11 is 0. The number of hydrogen-bond donors (Lipinski definition) is 2. The van der Waals surface area contributed by atoms with Gasteiger partial charge in [-0.1, -0.05) is 0 Å². The number of carbonyl (C=O) groups is 1. The molecule has 1 atom stereocenters. The number of aromatic nitrogens is 3. The molecule has 1 aliphatic heterocycles. The van der Waals surface area contributed by atoms with Crippen molar-refractivity contribution in [1.82, 2.24) is 24.8 Å². The van der Waals surface area contributed by atoms with Gasteiger partial charge in [-0.2, -0.15) is 0 Å². The van der Waals surface area contributed by atoms with E-state index in [1.165, 1.54) is 23.9 Å². The SMILES string of the molecule is Cl.Cl.Cn1c(=O)c2cc(C(=O)NCCC3CCNC3)cnc2n(C)c1=O. The predicted octanol–water partition coefficient (Wildman–Crippen LogP) is 0.205. The molecule has 8 nitrogen and oxygen atoms in total. The molecule has 1 unspecified atom stereocenters. The van der Waals surface area contributed by atoms with Crippen LogP contribution in [0.1, 0.15) is 23.2 Å². The summed E-state index contributed by atoms with van der Waals surface area (Å²) < 4.78 is 2.31. The highest BCUT2D eigenvalue weighted by Gasteiger charge is 2.16. The molecule has 2 aromatic rings. The van der Waals surface area contributed by atoms with Crippen molar-refractivity contribution in [2.45, 2.75) is 12.8 Å². The average molecular weight is 404 g/mol. The predicted molar refractivity (Wildman–Crippen MR) is 105 cm³/mol. The van der Waals surface area contributed by atoms with Gasteiger partial charge in [-0.15, -0.1) is 24.8 Å². The normalized spacial score (nSPS) is 16.0. The number of nitrogens with one attached hydrogen (secondary N) is 2. The topological polar surface area (TPSA) is 98.0 Å². The Kier molecular flexibility index (Phi) is 7.80. The number of carbonyl (C=O) groups excluding carboxylic acids is 1. The molecule has 1 fully saturated rings. The van der Waals surface area contributed by atoms with Crippen LogP contribution in [-0.4, -0.2) is 39.7 Å². The van der Waals surface area contributed by atoms with E-state index in [9.17, 15) is 14.4 Å². The molecule has 2 aromatic heterocycles. The lowest BCUT2D eigenvalue weighted by molar-refractivity contribution is 0.0951. The van der Waals surface area contributed by atoms with Crippen LogP contribution in [0.25, 0.3) is 11.0 Å². The van der Waals surface area contributed by atoms with Crippen LogP contribution < -0.4 is 21.9 Å². The monoisotopic (exact) mass is 403 g/mol. The van der Waals surface area contributed by atoms with Gasteiger partial charge in [0.15, 0.2) is 0 Å². The van der Waals surface area contributed by atoms with E-state index in [-0.39, 0.29) is 41.8 Å².